The van der Waals surface area contributed by atoms with Crippen molar-refractivity contribution < 1.29 is 8.42 Å². The summed E-state index contributed by atoms with van der Waals surface area (Å²) in [5.41, 5.74) is 5.88. The molecule has 5 nitrogen and oxygen atoms in total. The zero-order valence-electron chi connectivity index (χ0n) is 12.1. The van der Waals surface area contributed by atoms with Crippen LogP contribution in [-0.2, 0) is 10.0 Å². The Morgan fingerprint density at radius 1 is 1.33 bits per heavy atom. The van der Waals surface area contributed by atoms with Gasteiger partial charge in [0.2, 0.25) is 10.0 Å². The summed E-state index contributed by atoms with van der Waals surface area (Å²) >= 11 is 4.81. The van der Waals surface area contributed by atoms with Crippen molar-refractivity contribution in [3.05, 3.63) is 24.0 Å². The fourth-order valence-electron chi connectivity index (χ4n) is 2.62. The minimum absolute atomic E-state index is 0.00670. The zero-order valence-corrected chi connectivity index (χ0v) is 13.7. The van der Waals surface area contributed by atoms with Crippen LogP contribution in [0.2, 0.25) is 0 Å². The summed E-state index contributed by atoms with van der Waals surface area (Å²) in [4.78, 5) is 4.30. The molecule has 2 rings (SSSR count). The predicted molar refractivity (Wildman–Crippen MR) is 86.5 cm³/mol. The molecule has 1 aromatic rings. The molecule has 0 amide bonds. The quantitative estimate of drug-likeness (QED) is 0.652. The van der Waals surface area contributed by atoms with Crippen LogP contribution in [-0.4, -0.2) is 24.4 Å². The predicted octanol–water partition coefficient (Wildman–Crippen LogP) is 1.96. The lowest BCUT2D eigenvalue weighted by Gasteiger charge is -2.22. The number of pyridine rings is 1. The molecule has 1 aromatic heterocycles. The second-order valence-corrected chi connectivity index (χ2v) is 7.74. The minimum atomic E-state index is -3.55. The lowest BCUT2D eigenvalue weighted by Crippen LogP contribution is -2.38. The summed E-state index contributed by atoms with van der Waals surface area (Å²) < 4.78 is 27.7. The largest absolute Gasteiger partial charge is 0.388 e. The molecule has 0 saturated heterocycles. The highest BCUT2D eigenvalue weighted by Crippen LogP contribution is 2.24. The van der Waals surface area contributed by atoms with Crippen LogP contribution in [0.1, 0.15) is 44.7 Å². The van der Waals surface area contributed by atoms with Gasteiger partial charge in [0, 0.05) is 12.2 Å². The first-order chi connectivity index (χ1) is 9.90. The van der Waals surface area contributed by atoms with Crippen LogP contribution in [0.15, 0.2) is 23.2 Å². The van der Waals surface area contributed by atoms with Gasteiger partial charge in [-0.15, -0.1) is 0 Å². The molecule has 0 bridgehead atoms. The fourth-order valence-corrected chi connectivity index (χ4v) is 4.06. The topological polar surface area (TPSA) is 85.1 Å². The van der Waals surface area contributed by atoms with E-state index in [4.69, 9.17) is 18.0 Å². The molecule has 1 fully saturated rings. The Labute approximate surface area is 131 Å². The minimum Gasteiger partial charge on any atom is -0.388 e. The number of aromatic nitrogens is 1. The van der Waals surface area contributed by atoms with Gasteiger partial charge in [-0.3, -0.25) is 4.98 Å². The third kappa shape index (κ3) is 4.21. The van der Waals surface area contributed by atoms with Crippen LogP contribution >= 0.6 is 12.2 Å². The normalized spacial score (nSPS) is 23.5. The smallest absolute Gasteiger partial charge is 0.242 e. The van der Waals surface area contributed by atoms with Gasteiger partial charge in [-0.05, 0) is 30.9 Å². The Kier molecular flexibility index (Phi) is 5.29. The first-order valence-corrected chi connectivity index (χ1v) is 9.07. The van der Waals surface area contributed by atoms with E-state index < -0.39 is 10.0 Å². The van der Waals surface area contributed by atoms with E-state index in [0.29, 0.717) is 11.6 Å². The maximum absolute atomic E-state index is 12.4. The van der Waals surface area contributed by atoms with Gasteiger partial charge in [0.15, 0.2) is 0 Å². The Morgan fingerprint density at radius 2 is 2.05 bits per heavy atom. The second kappa shape index (κ2) is 6.81. The lowest BCUT2D eigenvalue weighted by atomic mass is 9.98. The maximum Gasteiger partial charge on any atom is 0.242 e. The van der Waals surface area contributed by atoms with Crippen LogP contribution in [0.5, 0.6) is 0 Å². The molecule has 2 atom stereocenters. The van der Waals surface area contributed by atoms with E-state index in [1.807, 2.05) is 0 Å². The van der Waals surface area contributed by atoms with Crippen molar-refractivity contribution in [3.8, 4) is 0 Å². The molecule has 1 saturated carbocycles. The number of sulfonamides is 1. The summed E-state index contributed by atoms with van der Waals surface area (Å²) in [7, 11) is -3.55. The van der Waals surface area contributed by atoms with Crippen molar-refractivity contribution in [3.63, 3.8) is 0 Å². The summed E-state index contributed by atoms with van der Waals surface area (Å²) in [6, 6.07) is 3.02. The third-order valence-corrected chi connectivity index (χ3v) is 5.65. The zero-order chi connectivity index (χ0) is 15.5. The molecule has 3 N–H and O–H groups in total. The van der Waals surface area contributed by atoms with Crippen LogP contribution < -0.4 is 10.5 Å². The molecule has 0 spiro atoms. The van der Waals surface area contributed by atoms with Crippen molar-refractivity contribution in [1.29, 1.82) is 0 Å². The van der Waals surface area contributed by atoms with Gasteiger partial charge in [-0.25, -0.2) is 13.1 Å². The number of nitrogens with two attached hydrogens (primary N) is 1. The van der Waals surface area contributed by atoms with E-state index in [2.05, 4.69) is 16.6 Å². The summed E-state index contributed by atoms with van der Waals surface area (Å²) in [5, 5.41) is 0. The second-order valence-electron chi connectivity index (χ2n) is 5.59. The number of nitrogens with zero attached hydrogens (tertiary/aromatic N) is 1. The van der Waals surface area contributed by atoms with Crippen molar-refractivity contribution in [2.75, 3.05) is 0 Å². The van der Waals surface area contributed by atoms with E-state index in [0.717, 1.165) is 19.3 Å². The van der Waals surface area contributed by atoms with Gasteiger partial charge in [-0.2, -0.15) is 0 Å². The van der Waals surface area contributed by atoms with Crippen molar-refractivity contribution in [2.24, 2.45) is 11.7 Å². The first kappa shape index (κ1) is 16.3. The molecule has 0 aromatic carbocycles. The third-order valence-electron chi connectivity index (χ3n) is 3.97. The number of rotatable bonds is 4. The van der Waals surface area contributed by atoms with Crippen molar-refractivity contribution in [1.82, 2.24) is 9.71 Å². The summed E-state index contributed by atoms with van der Waals surface area (Å²) in [6.45, 7) is 2.10. The van der Waals surface area contributed by atoms with E-state index in [9.17, 15) is 8.42 Å². The van der Waals surface area contributed by atoms with Gasteiger partial charge < -0.3 is 5.73 Å². The van der Waals surface area contributed by atoms with E-state index in [1.54, 1.807) is 0 Å². The Bertz CT molecular complexity index is 599. The molecular weight excluding hydrogens is 306 g/mol. The number of thiocarbonyl (C=S) groups is 1. The lowest BCUT2D eigenvalue weighted by molar-refractivity contribution is 0.399. The summed E-state index contributed by atoms with van der Waals surface area (Å²) in [6.07, 6.45) is 6.66. The Morgan fingerprint density at radius 3 is 2.67 bits per heavy atom. The van der Waals surface area contributed by atoms with Gasteiger partial charge in [-0.1, -0.05) is 38.4 Å². The first-order valence-electron chi connectivity index (χ1n) is 7.18. The SMILES string of the molecule is CC1CCCCCC1NS(=O)(=O)c1ccc(C(N)=S)nc1. The summed E-state index contributed by atoms with van der Waals surface area (Å²) in [5.74, 6) is 0.353. The van der Waals surface area contributed by atoms with Crippen LogP contribution in [0, 0.1) is 5.92 Å². The average Bonchev–Trinajstić information content (AvgIpc) is 2.64. The number of nitrogens with one attached hydrogen (secondary N) is 1. The van der Waals surface area contributed by atoms with Crippen molar-refractivity contribution in [2.45, 2.75) is 50.0 Å². The molecule has 1 aliphatic carbocycles. The van der Waals surface area contributed by atoms with Crippen LogP contribution in [0.25, 0.3) is 0 Å². The number of hydrogen-bond donors (Lipinski definition) is 2. The van der Waals surface area contributed by atoms with Crippen molar-refractivity contribution >= 4 is 27.2 Å². The molecule has 0 radical (unpaired) electrons. The van der Waals surface area contributed by atoms with E-state index >= 15 is 0 Å². The van der Waals surface area contributed by atoms with Gasteiger partial charge in [0.05, 0.1) is 5.69 Å². The highest BCUT2D eigenvalue weighted by Gasteiger charge is 2.26. The molecule has 0 aliphatic heterocycles. The van der Waals surface area contributed by atoms with Gasteiger partial charge in [0.25, 0.3) is 0 Å². The standard InChI is InChI=1S/C14H21N3O2S2/c1-10-5-3-2-4-6-12(10)17-21(18,19)11-7-8-13(14(15)20)16-9-11/h7-10,12,17H,2-6H2,1H3,(H2,15,20). The molecule has 21 heavy (non-hydrogen) atoms. The van der Waals surface area contributed by atoms with Gasteiger partial charge >= 0.3 is 0 Å². The molecule has 7 heteroatoms. The van der Waals surface area contributed by atoms with E-state index in [1.165, 1.54) is 31.2 Å². The Hall–Kier alpha value is -1.05. The average molecular weight is 327 g/mol. The molecule has 2 unspecified atom stereocenters. The molecule has 1 aliphatic rings. The van der Waals surface area contributed by atoms with E-state index in [-0.39, 0.29) is 15.9 Å². The number of hydrogen-bond acceptors (Lipinski definition) is 4. The monoisotopic (exact) mass is 327 g/mol. The molecule has 1 heterocycles. The molecule has 116 valence electrons. The maximum atomic E-state index is 12.4. The van der Waals surface area contributed by atoms with Crippen LogP contribution in [0.4, 0.5) is 0 Å². The molecular formula is C14H21N3O2S2. The highest BCUT2D eigenvalue weighted by molar-refractivity contribution is 7.89. The van der Waals surface area contributed by atoms with Crippen LogP contribution in [0.3, 0.4) is 0 Å². The Balaban J connectivity index is 2.15. The highest BCUT2D eigenvalue weighted by atomic mass is 32.2. The fraction of sp³-hybridized carbons (Fsp3) is 0.571. The van der Waals surface area contributed by atoms with Gasteiger partial charge in [0.1, 0.15) is 9.88 Å².